The molecule has 1 aromatic heterocycles. The van der Waals surface area contributed by atoms with Crippen LogP contribution >= 0.6 is 27.3 Å². The molecule has 82 valence electrons. The third-order valence-electron chi connectivity index (χ3n) is 2.74. The van der Waals surface area contributed by atoms with Crippen molar-refractivity contribution in [3.63, 3.8) is 0 Å². The minimum absolute atomic E-state index is 0.0567. The zero-order valence-electron chi connectivity index (χ0n) is 8.68. The van der Waals surface area contributed by atoms with Crippen molar-refractivity contribution in [3.05, 3.63) is 19.8 Å². The van der Waals surface area contributed by atoms with E-state index in [1.165, 1.54) is 23.3 Å². The fourth-order valence-electron chi connectivity index (χ4n) is 1.89. The Hall–Kier alpha value is -0.190. The molecular weight excluding hydrogens is 274 g/mol. The standard InChI is InChI=1S/C11H14BrNOS/c1-6(13)10(14)11-9(12)7-4-2-3-5-8(7)15-11/h6H,2-5,13H2,1H3. The summed E-state index contributed by atoms with van der Waals surface area (Å²) in [6.07, 6.45) is 4.68. The number of carbonyl (C=O) groups is 1. The van der Waals surface area contributed by atoms with E-state index in [0.717, 1.165) is 22.2 Å². The summed E-state index contributed by atoms with van der Waals surface area (Å²) >= 11 is 5.16. The van der Waals surface area contributed by atoms with E-state index >= 15 is 0 Å². The first-order valence-corrected chi connectivity index (χ1v) is 6.82. The summed E-state index contributed by atoms with van der Waals surface area (Å²) in [4.78, 5) is 14.0. The van der Waals surface area contributed by atoms with Gasteiger partial charge in [-0.2, -0.15) is 0 Å². The molecule has 0 aromatic carbocycles. The number of hydrogen-bond donors (Lipinski definition) is 1. The Kier molecular flexibility index (Phi) is 3.28. The fourth-order valence-corrected chi connectivity index (χ4v) is 4.22. The Bertz CT molecular complexity index is 398. The number of nitrogens with two attached hydrogens (primary N) is 1. The van der Waals surface area contributed by atoms with Crippen LogP contribution in [0.25, 0.3) is 0 Å². The van der Waals surface area contributed by atoms with Gasteiger partial charge in [0.1, 0.15) is 0 Å². The Morgan fingerprint density at radius 1 is 1.47 bits per heavy atom. The number of aryl methyl sites for hydroxylation is 1. The predicted octanol–water partition coefficient (Wildman–Crippen LogP) is 2.92. The molecule has 2 N–H and O–H groups in total. The third-order valence-corrected chi connectivity index (χ3v) is 5.19. The van der Waals surface area contributed by atoms with Gasteiger partial charge in [0.05, 0.1) is 10.9 Å². The van der Waals surface area contributed by atoms with E-state index < -0.39 is 6.04 Å². The summed E-state index contributed by atoms with van der Waals surface area (Å²) in [6.45, 7) is 1.74. The molecule has 1 aliphatic rings. The highest BCUT2D eigenvalue weighted by Crippen LogP contribution is 2.38. The summed E-state index contributed by atoms with van der Waals surface area (Å²) in [5.74, 6) is 0.0567. The molecular formula is C11H14BrNOS. The van der Waals surface area contributed by atoms with Gasteiger partial charge < -0.3 is 5.73 Å². The quantitative estimate of drug-likeness (QED) is 0.850. The lowest BCUT2D eigenvalue weighted by Crippen LogP contribution is -2.26. The van der Waals surface area contributed by atoms with Gasteiger partial charge in [0, 0.05) is 9.35 Å². The van der Waals surface area contributed by atoms with Gasteiger partial charge in [-0.3, -0.25) is 4.79 Å². The molecule has 0 spiro atoms. The van der Waals surface area contributed by atoms with Crippen LogP contribution in [0.1, 0.15) is 39.9 Å². The van der Waals surface area contributed by atoms with E-state index in [0.29, 0.717) is 0 Å². The second-order valence-electron chi connectivity index (χ2n) is 4.01. The van der Waals surface area contributed by atoms with Crippen LogP contribution in [-0.2, 0) is 12.8 Å². The van der Waals surface area contributed by atoms with Crippen molar-refractivity contribution < 1.29 is 4.79 Å². The average molecular weight is 288 g/mol. The molecule has 0 aliphatic heterocycles. The molecule has 0 fully saturated rings. The molecule has 1 aliphatic carbocycles. The van der Waals surface area contributed by atoms with Crippen molar-refractivity contribution >= 4 is 33.0 Å². The monoisotopic (exact) mass is 287 g/mol. The molecule has 0 saturated carbocycles. The van der Waals surface area contributed by atoms with Crippen LogP contribution in [0.3, 0.4) is 0 Å². The molecule has 2 nitrogen and oxygen atoms in total. The van der Waals surface area contributed by atoms with Crippen LogP contribution < -0.4 is 5.73 Å². The Labute approximate surface area is 102 Å². The van der Waals surface area contributed by atoms with Crippen LogP contribution in [0.2, 0.25) is 0 Å². The minimum atomic E-state index is -0.401. The highest BCUT2D eigenvalue weighted by atomic mass is 79.9. The number of thiophene rings is 1. The summed E-state index contributed by atoms with van der Waals surface area (Å²) in [5.41, 5.74) is 6.97. The number of fused-ring (bicyclic) bond motifs is 1. The van der Waals surface area contributed by atoms with Gasteiger partial charge in [0.25, 0.3) is 0 Å². The molecule has 0 radical (unpaired) electrons. The zero-order chi connectivity index (χ0) is 11.0. The summed E-state index contributed by atoms with van der Waals surface area (Å²) in [6, 6.07) is -0.401. The Morgan fingerprint density at radius 3 is 2.73 bits per heavy atom. The lowest BCUT2D eigenvalue weighted by atomic mass is 9.99. The number of carbonyl (C=O) groups excluding carboxylic acids is 1. The number of halogens is 1. The van der Waals surface area contributed by atoms with Crippen LogP contribution in [-0.4, -0.2) is 11.8 Å². The number of Topliss-reactive ketones (excluding diaryl/α,β-unsaturated/α-hetero) is 1. The third kappa shape index (κ3) is 2.03. The Morgan fingerprint density at radius 2 is 2.13 bits per heavy atom. The molecule has 0 bridgehead atoms. The SMILES string of the molecule is CC(N)C(=O)c1sc2c(c1Br)CCCC2. The highest BCUT2D eigenvalue weighted by molar-refractivity contribution is 9.10. The highest BCUT2D eigenvalue weighted by Gasteiger charge is 2.24. The van der Waals surface area contributed by atoms with E-state index in [-0.39, 0.29) is 5.78 Å². The van der Waals surface area contributed by atoms with E-state index in [9.17, 15) is 4.79 Å². The van der Waals surface area contributed by atoms with Crippen molar-refractivity contribution in [2.45, 2.75) is 38.6 Å². The minimum Gasteiger partial charge on any atom is -0.321 e. The van der Waals surface area contributed by atoms with Crippen LogP contribution in [0.4, 0.5) is 0 Å². The Balaban J connectivity index is 2.41. The molecule has 1 atom stereocenters. The fraction of sp³-hybridized carbons (Fsp3) is 0.545. The van der Waals surface area contributed by atoms with Gasteiger partial charge >= 0.3 is 0 Å². The molecule has 1 aromatic rings. The van der Waals surface area contributed by atoms with E-state index in [1.54, 1.807) is 18.3 Å². The molecule has 1 unspecified atom stereocenters. The van der Waals surface area contributed by atoms with Crippen molar-refractivity contribution in [1.82, 2.24) is 0 Å². The smallest absolute Gasteiger partial charge is 0.190 e. The molecule has 15 heavy (non-hydrogen) atoms. The molecule has 1 heterocycles. The summed E-state index contributed by atoms with van der Waals surface area (Å²) in [7, 11) is 0. The van der Waals surface area contributed by atoms with Crippen molar-refractivity contribution in [2.75, 3.05) is 0 Å². The maximum absolute atomic E-state index is 11.8. The average Bonchev–Trinajstić information content (AvgIpc) is 2.56. The normalized spacial score (nSPS) is 17.3. The van der Waals surface area contributed by atoms with Gasteiger partial charge in [0.2, 0.25) is 0 Å². The van der Waals surface area contributed by atoms with E-state index in [2.05, 4.69) is 15.9 Å². The molecule has 2 rings (SSSR count). The largest absolute Gasteiger partial charge is 0.321 e. The van der Waals surface area contributed by atoms with Crippen molar-refractivity contribution in [3.8, 4) is 0 Å². The van der Waals surface area contributed by atoms with Gasteiger partial charge in [-0.15, -0.1) is 11.3 Å². The van der Waals surface area contributed by atoms with E-state index in [4.69, 9.17) is 5.73 Å². The lowest BCUT2D eigenvalue weighted by molar-refractivity contribution is 0.0971. The first-order valence-electron chi connectivity index (χ1n) is 5.21. The van der Waals surface area contributed by atoms with Gasteiger partial charge in [-0.1, -0.05) is 0 Å². The zero-order valence-corrected chi connectivity index (χ0v) is 11.1. The van der Waals surface area contributed by atoms with Crippen molar-refractivity contribution in [1.29, 1.82) is 0 Å². The summed E-state index contributed by atoms with van der Waals surface area (Å²) < 4.78 is 1.00. The van der Waals surface area contributed by atoms with Gasteiger partial charge in [0.15, 0.2) is 5.78 Å². The second kappa shape index (κ2) is 4.36. The van der Waals surface area contributed by atoms with Gasteiger partial charge in [-0.05, 0) is 54.1 Å². The second-order valence-corrected chi connectivity index (χ2v) is 5.91. The molecule has 0 amide bonds. The first-order chi connectivity index (χ1) is 7.11. The number of rotatable bonds is 2. The lowest BCUT2D eigenvalue weighted by Gasteiger charge is -2.09. The van der Waals surface area contributed by atoms with Gasteiger partial charge in [-0.25, -0.2) is 0 Å². The maximum atomic E-state index is 11.8. The van der Waals surface area contributed by atoms with Crippen molar-refractivity contribution in [2.24, 2.45) is 5.73 Å². The summed E-state index contributed by atoms with van der Waals surface area (Å²) in [5, 5.41) is 0. The molecule has 4 heteroatoms. The topological polar surface area (TPSA) is 43.1 Å². The van der Waals surface area contributed by atoms with Crippen LogP contribution in [0.15, 0.2) is 4.47 Å². The van der Waals surface area contributed by atoms with Crippen LogP contribution in [0.5, 0.6) is 0 Å². The van der Waals surface area contributed by atoms with E-state index in [1.807, 2.05) is 0 Å². The maximum Gasteiger partial charge on any atom is 0.190 e. The first kappa shape index (κ1) is 11.3. The number of ketones is 1. The predicted molar refractivity (Wildman–Crippen MR) is 66.6 cm³/mol. The molecule has 0 saturated heterocycles. The van der Waals surface area contributed by atoms with Crippen LogP contribution in [0, 0.1) is 0 Å². The number of hydrogen-bond acceptors (Lipinski definition) is 3.